The molecule has 0 radical (unpaired) electrons. The maximum absolute atomic E-state index is 11.8. The zero-order valence-electron chi connectivity index (χ0n) is 11.8. The zero-order chi connectivity index (χ0) is 14.7. The Morgan fingerprint density at radius 1 is 1.50 bits per heavy atom. The van der Waals surface area contributed by atoms with E-state index in [-0.39, 0.29) is 24.3 Å². The first-order valence-electron chi connectivity index (χ1n) is 6.84. The molecule has 1 heterocycles. The summed E-state index contributed by atoms with van der Waals surface area (Å²) in [5.74, 6) is -0.247. The smallest absolute Gasteiger partial charge is 0.241 e. The fourth-order valence-electron chi connectivity index (χ4n) is 1.69. The number of anilines is 1. The molecule has 20 heavy (non-hydrogen) atoms. The van der Waals surface area contributed by atoms with Gasteiger partial charge in [0, 0.05) is 12.2 Å². The van der Waals surface area contributed by atoms with E-state index in [4.69, 9.17) is 5.73 Å². The number of rotatable bonds is 6. The lowest BCUT2D eigenvalue weighted by Gasteiger charge is -2.14. The minimum Gasteiger partial charge on any atom is -0.352 e. The van der Waals surface area contributed by atoms with Crippen LogP contribution in [-0.4, -0.2) is 33.7 Å². The molecule has 1 saturated carbocycles. The van der Waals surface area contributed by atoms with Gasteiger partial charge in [0.05, 0.1) is 17.9 Å². The molecular weight excluding hydrogens is 258 g/mol. The van der Waals surface area contributed by atoms with Crippen molar-refractivity contribution in [3.05, 3.63) is 12.4 Å². The number of nitrogens with one attached hydrogen (secondary N) is 2. The summed E-state index contributed by atoms with van der Waals surface area (Å²) in [7, 11) is 0. The highest BCUT2D eigenvalue weighted by molar-refractivity contribution is 5.94. The van der Waals surface area contributed by atoms with E-state index in [0.717, 1.165) is 12.8 Å². The van der Waals surface area contributed by atoms with Crippen LogP contribution in [0.15, 0.2) is 12.4 Å². The van der Waals surface area contributed by atoms with Crippen molar-refractivity contribution in [3.63, 3.8) is 0 Å². The number of nitrogens with two attached hydrogens (primary N) is 1. The molecule has 1 fully saturated rings. The Hall–Kier alpha value is -1.89. The van der Waals surface area contributed by atoms with Crippen molar-refractivity contribution >= 4 is 17.5 Å². The SMILES string of the molecule is CC(C)[C@H](N)C(=O)Nc1cnn(CC(=O)NC2CC2)c1. The third-order valence-corrected chi connectivity index (χ3v) is 3.17. The summed E-state index contributed by atoms with van der Waals surface area (Å²) in [6.45, 7) is 3.92. The molecule has 1 aliphatic carbocycles. The highest BCUT2D eigenvalue weighted by atomic mass is 16.2. The Kier molecular flexibility index (Phi) is 4.39. The van der Waals surface area contributed by atoms with Gasteiger partial charge in [-0.05, 0) is 18.8 Å². The molecule has 1 atom stereocenters. The molecule has 1 aromatic rings. The normalized spacial score (nSPS) is 16.0. The van der Waals surface area contributed by atoms with Crippen LogP contribution in [-0.2, 0) is 16.1 Å². The summed E-state index contributed by atoms with van der Waals surface area (Å²) in [5.41, 5.74) is 6.30. The summed E-state index contributed by atoms with van der Waals surface area (Å²) in [5, 5.41) is 9.61. The van der Waals surface area contributed by atoms with Gasteiger partial charge >= 0.3 is 0 Å². The largest absolute Gasteiger partial charge is 0.352 e. The highest BCUT2D eigenvalue weighted by Crippen LogP contribution is 2.18. The number of carbonyl (C=O) groups is 2. The lowest BCUT2D eigenvalue weighted by Crippen LogP contribution is -2.39. The number of aromatic nitrogens is 2. The lowest BCUT2D eigenvalue weighted by molar-refractivity contribution is -0.122. The number of amides is 2. The van der Waals surface area contributed by atoms with Crippen LogP contribution < -0.4 is 16.4 Å². The zero-order valence-corrected chi connectivity index (χ0v) is 11.8. The van der Waals surface area contributed by atoms with Gasteiger partial charge in [-0.2, -0.15) is 5.10 Å². The van der Waals surface area contributed by atoms with Gasteiger partial charge in [-0.25, -0.2) is 0 Å². The minimum absolute atomic E-state index is 0.0626. The predicted molar refractivity (Wildman–Crippen MR) is 74.8 cm³/mol. The summed E-state index contributed by atoms with van der Waals surface area (Å²) >= 11 is 0. The quantitative estimate of drug-likeness (QED) is 0.686. The second-order valence-electron chi connectivity index (χ2n) is 5.53. The molecule has 2 amide bonds. The maximum Gasteiger partial charge on any atom is 0.241 e. The Labute approximate surface area is 117 Å². The monoisotopic (exact) mass is 279 g/mol. The molecule has 0 aliphatic heterocycles. The van der Waals surface area contributed by atoms with E-state index in [1.807, 2.05) is 13.8 Å². The van der Waals surface area contributed by atoms with Gasteiger partial charge in [0.25, 0.3) is 0 Å². The molecule has 110 valence electrons. The topological polar surface area (TPSA) is 102 Å². The van der Waals surface area contributed by atoms with Gasteiger partial charge in [-0.1, -0.05) is 13.8 Å². The number of carbonyl (C=O) groups excluding carboxylic acids is 2. The molecule has 0 saturated heterocycles. The van der Waals surface area contributed by atoms with Crippen LogP contribution in [0.5, 0.6) is 0 Å². The van der Waals surface area contributed by atoms with Crippen LogP contribution in [0.4, 0.5) is 5.69 Å². The van der Waals surface area contributed by atoms with Gasteiger partial charge in [-0.3, -0.25) is 14.3 Å². The Morgan fingerprint density at radius 3 is 2.80 bits per heavy atom. The van der Waals surface area contributed by atoms with Crippen LogP contribution in [0.1, 0.15) is 26.7 Å². The molecule has 0 spiro atoms. The number of hydrogen-bond donors (Lipinski definition) is 3. The molecule has 1 aliphatic rings. The molecule has 0 unspecified atom stereocenters. The van der Waals surface area contributed by atoms with Crippen LogP contribution >= 0.6 is 0 Å². The van der Waals surface area contributed by atoms with E-state index in [2.05, 4.69) is 15.7 Å². The van der Waals surface area contributed by atoms with E-state index < -0.39 is 6.04 Å². The average Bonchev–Trinajstić information content (AvgIpc) is 3.08. The van der Waals surface area contributed by atoms with Crippen LogP contribution in [0.2, 0.25) is 0 Å². The third-order valence-electron chi connectivity index (χ3n) is 3.17. The minimum atomic E-state index is -0.559. The second-order valence-corrected chi connectivity index (χ2v) is 5.53. The van der Waals surface area contributed by atoms with Crippen molar-refractivity contribution in [3.8, 4) is 0 Å². The first-order valence-corrected chi connectivity index (χ1v) is 6.84. The fraction of sp³-hybridized carbons (Fsp3) is 0.615. The summed E-state index contributed by atoms with van der Waals surface area (Å²) in [4.78, 5) is 23.4. The van der Waals surface area contributed by atoms with Crippen molar-refractivity contribution in [1.29, 1.82) is 0 Å². The molecule has 1 aromatic heterocycles. The van der Waals surface area contributed by atoms with E-state index in [1.54, 1.807) is 6.20 Å². The molecule has 0 aromatic carbocycles. The highest BCUT2D eigenvalue weighted by Gasteiger charge is 2.23. The number of hydrogen-bond acceptors (Lipinski definition) is 4. The van der Waals surface area contributed by atoms with Gasteiger partial charge < -0.3 is 16.4 Å². The van der Waals surface area contributed by atoms with Crippen LogP contribution in [0, 0.1) is 5.92 Å². The maximum atomic E-state index is 11.8. The van der Waals surface area contributed by atoms with E-state index in [9.17, 15) is 9.59 Å². The van der Waals surface area contributed by atoms with Crippen molar-refractivity contribution in [2.24, 2.45) is 11.7 Å². The first-order chi connectivity index (χ1) is 9.45. The van der Waals surface area contributed by atoms with Crippen molar-refractivity contribution < 1.29 is 9.59 Å². The summed E-state index contributed by atoms with van der Waals surface area (Å²) in [6.07, 6.45) is 5.24. The Bertz CT molecular complexity index is 493. The summed E-state index contributed by atoms with van der Waals surface area (Å²) < 4.78 is 1.49. The van der Waals surface area contributed by atoms with Crippen molar-refractivity contribution in [2.45, 2.75) is 45.3 Å². The van der Waals surface area contributed by atoms with Crippen molar-refractivity contribution in [1.82, 2.24) is 15.1 Å². The molecule has 0 bridgehead atoms. The standard InChI is InChI=1S/C13H21N5O2/c1-8(2)12(14)13(20)17-10-5-15-18(6-10)7-11(19)16-9-3-4-9/h5-6,8-9,12H,3-4,7,14H2,1-2H3,(H,16,19)(H,17,20)/t12-/m0/s1. The Balaban J connectivity index is 1.85. The molecule has 7 heteroatoms. The third kappa shape index (κ3) is 4.06. The van der Waals surface area contributed by atoms with E-state index >= 15 is 0 Å². The lowest BCUT2D eigenvalue weighted by atomic mass is 10.1. The molecule has 4 N–H and O–H groups in total. The van der Waals surface area contributed by atoms with Gasteiger partial charge in [-0.15, -0.1) is 0 Å². The second kappa shape index (κ2) is 6.04. The molecule has 2 rings (SSSR count). The summed E-state index contributed by atoms with van der Waals surface area (Å²) in [6, 6.07) is -0.224. The van der Waals surface area contributed by atoms with Crippen molar-refractivity contribution in [2.75, 3.05) is 5.32 Å². The van der Waals surface area contributed by atoms with Gasteiger partial charge in [0.1, 0.15) is 6.54 Å². The van der Waals surface area contributed by atoms with Crippen LogP contribution in [0.25, 0.3) is 0 Å². The average molecular weight is 279 g/mol. The fourth-order valence-corrected chi connectivity index (χ4v) is 1.69. The molecular formula is C13H21N5O2. The predicted octanol–water partition coefficient (Wildman–Crippen LogP) is 0.0835. The van der Waals surface area contributed by atoms with E-state index in [0.29, 0.717) is 11.7 Å². The number of nitrogens with zero attached hydrogens (tertiary/aromatic N) is 2. The van der Waals surface area contributed by atoms with Gasteiger partial charge in [0.15, 0.2) is 0 Å². The van der Waals surface area contributed by atoms with E-state index in [1.165, 1.54) is 10.9 Å². The van der Waals surface area contributed by atoms with Crippen LogP contribution in [0.3, 0.4) is 0 Å². The first kappa shape index (κ1) is 14.5. The van der Waals surface area contributed by atoms with Gasteiger partial charge in [0.2, 0.25) is 11.8 Å². The molecule has 7 nitrogen and oxygen atoms in total. The Morgan fingerprint density at radius 2 is 2.20 bits per heavy atom.